The molecule has 2 aromatic heterocycles. The maximum atomic E-state index is 5.37. The predicted octanol–water partition coefficient (Wildman–Crippen LogP) is 23.3. The molecule has 0 fully saturated rings. The van der Waals surface area contributed by atoms with Gasteiger partial charge in [0.1, 0.15) is 0 Å². The number of rotatable bonds is 8. The second-order valence-corrected chi connectivity index (χ2v) is 25.8. The lowest BCUT2D eigenvalue weighted by molar-refractivity contribution is 0.775. The highest BCUT2D eigenvalue weighted by molar-refractivity contribution is 6.13. The minimum absolute atomic E-state index is 0.495. The molecule has 2 aliphatic rings. The molecule has 2 heterocycles. The number of fused-ring (bicyclic) bond motifs is 16. The van der Waals surface area contributed by atoms with E-state index in [1.807, 2.05) is 0 Å². The van der Waals surface area contributed by atoms with Crippen molar-refractivity contribution >= 4 is 64.9 Å². The molecule has 0 unspecified atom stereocenters. The van der Waals surface area contributed by atoms with Crippen molar-refractivity contribution in [1.29, 1.82) is 0 Å². The zero-order chi connectivity index (χ0) is 64.7. The van der Waals surface area contributed by atoms with Crippen LogP contribution in [-0.4, -0.2) is 19.9 Å². The fourth-order valence-electron chi connectivity index (χ4n) is 16.5. The Labute approximate surface area is 568 Å². The molecule has 20 rings (SSSR count). The Morgan fingerprint density at radius 3 is 1.09 bits per heavy atom. The molecular weight excluding hydrogens is 1190 g/mol. The van der Waals surface area contributed by atoms with Crippen molar-refractivity contribution in [1.82, 2.24) is 19.9 Å². The predicted molar refractivity (Wildman–Crippen MR) is 405 cm³/mol. The van der Waals surface area contributed by atoms with Crippen LogP contribution in [0.4, 0.5) is 0 Å². The van der Waals surface area contributed by atoms with Crippen molar-refractivity contribution in [3.05, 3.63) is 408 Å². The van der Waals surface area contributed by atoms with Crippen molar-refractivity contribution in [2.45, 2.75) is 10.8 Å². The van der Waals surface area contributed by atoms with Crippen LogP contribution in [-0.2, 0) is 10.8 Å². The lowest BCUT2D eigenvalue weighted by atomic mass is 9.66. The summed E-state index contributed by atoms with van der Waals surface area (Å²) in [5.41, 5.74) is 22.3. The summed E-state index contributed by atoms with van der Waals surface area (Å²) < 4.78 is 0. The first-order valence-corrected chi connectivity index (χ1v) is 33.7. The Morgan fingerprint density at radius 2 is 0.582 bits per heavy atom. The maximum absolute atomic E-state index is 5.37. The monoisotopic (exact) mass is 1240 g/mol. The SMILES string of the molecule is c1ccc(-c2nc(-c3ccc4ccc5c(c4c3)C(c3ccccc3)(c3ccccc3)c3ccccc3-5)nc3c2ccc2ccccc23)cc1.c1ccc(-c2nc(-c3ccc4ccc5c(c4c3)C(c3ccccc3)(c3ccccc3)c3ccccc3-5)nc3ccc4ccccc4c23)cc1. The Morgan fingerprint density at radius 1 is 0.214 bits per heavy atom. The topological polar surface area (TPSA) is 51.6 Å². The van der Waals surface area contributed by atoms with Crippen molar-refractivity contribution in [3.63, 3.8) is 0 Å². The van der Waals surface area contributed by atoms with E-state index in [1.165, 1.54) is 99.1 Å². The summed E-state index contributed by atoms with van der Waals surface area (Å²) in [6.07, 6.45) is 0. The van der Waals surface area contributed by atoms with Crippen LogP contribution >= 0.6 is 0 Å². The van der Waals surface area contributed by atoms with Gasteiger partial charge in [0.15, 0.2) is 11.6 Å². The summed E-state index contributed by atoms with van der Waals surface area (Å²) in [5, 5.41) is 11.6. The Bertz CT molecular complexity index is 6080. The third-order valence-electron chi connectivity index (χ3n) is 20.7. The molecule has 2 aliphatic carbocycles. The lowest BCUT2D eigenvalue weighted by Gasteiger charge is -2.34. The molecule has 456 valence electrons. The summed E-state index contributed by atoms with van der Waals surface area (Å²) in [6, 6.07) is 131. The Kier molecular flexibility index (Phi) is 13.3. The van der Waals surface area contributed by atoms with E-state index in [1.54, 1.807) is 0 Å². The van der Waals surface area contributed by atoms with Gasteiger partial charge in [0.25, 0.3) is 0 Å². The van der Waals surface area contributed by atoms with Gasteiger partial charge in [-0.3, -0.25) is 0 Å². The van der Waals surface area contributed by atoms with Crippen molar-refractivity contribution in [2.75, 3.05) is 0 Å². The van der Waals surface area contributed by atoms with Gasteiger partial charge in [-0.1, -0.05) is 340 Å². The zero-order valence-electron chi connectivity index (χ0n) is 53.4. The molecule has 0 amide bonds. The van der Waals surface area contributed by atoms with Crippen LogP contribution in [0.5, 0.6) is 0 Å². The van der Waals surface area contributed by atoms with Gasteiger partial charge >= 0.3 is 0 Å². The zero-order valence-corrected chi connectivity index (χ0v) is 53.4. The number of hydrogen-bond donors (Lipinski definition) is 0. The van der Waals surface area contributed by atoms with E-state index in [-0.39, 0.29) is 0 Å². The smallest absolute Gasteiger partial charge is 0.160 e. The molecule has 0 saturated heterocycles. The van der Waals surface area contributed by atoms with E-state index in [2.05, 4.69) is 364 Å². The van der Waals surface area contributed by atoms with Crippen molar-refractivity contribution < 1.29 is 0 Å². The average molecular weight is 1250 g/mol. The summed E-state index contributed by atoms with van der Waals surface area (Å²) in [4.78, 5) is 21.3. The lowest BCUT2D eigenvalue weighted by Crippen LogP contribution is -2.28. The summed E-state index contributed by atoms with van der Waals surface area (Å²) in [6.45, 7) is 0. The second-order valence-electron chi connectivity index (χ2n) is 25.8. The molecule has 0 aliphatic heterocycles. The van der Waals surface area contributed by atoms with Gasteiger partial charge in [-0.05, 0) is 129 Å². The quantitative estimate of drug-likeness (QED) is 0.142. The molecule has 16 aromatic carbocycles. The molecule has 0 radical (unpaired) electrons. The van der Waals surface area contributed by atoms with Crippen LogP contribution in [0.1, 0.15) is 44.5 Å². The third kappa shape index (κ3) is 8.78. The first-order valence-electron chi connectivity index (χ1n) is 33.7. The first-order chi connectivity index (χ1) is 48.6. The van der Waals surface area contributed by atoms with Gasteiger partial charge in [-0.2, -0.15) is 0 Å². The highest BCUT2D eigenvalue weighted by Gasteiger charge is 2.49. The molecule has 4 heteroatoms. The largest absolute Gasteiger partial charge is 0.228 e. The van der Waals surface area contributed by atoms with Crippen LogP contribution in [0, 0.1) is 0 Å². The van der Waals surface area contributed by atoms with E-state index < -0.39 is 10.8 Å². The molecule has 0 N–H and O–H groups in total. The van der Waals surface area contributed by atoms with Gasteiger partial charge in [0, 0.05) is 38.4 Å². The van der Waals surface area contributed by atoms with E-state index in [9.17, 15) is 0 Å². The molecular formula is C94H60N4. The fraction of sp³-hybridized carbons (Fsp3) is 0.0213. The van der Waals surface area contributed by atoms with Crippen molar-refractivity contribution in [3.8, 4) is 67.5 Å². The highest BCUT2D eigenvalue weighted by Crippen LogP contribution is 2.60. The van der Waals surface area contributed by atoms with Gasteiger partial charge in [-0.15, -0.1) is 0 Å². The Balaban J connectivity index is 0.000000137. The van der Waals surface area contributed by atoms with Crippen molar-refractivity contribution in [2.24, 2.45) is 0 Å². The fourth-order valence-corrected chi connectivity index (χ4v) is 16.5. The summed E-state index contributed by atoms with van der Waals surface area (Å²) in [5.74, 6) is 1.45. The summed E-state index contributed by atoms with van der Waals surface area (Å²) >= 11 is 0. The number of hydrogen-bond acceptors (Lipinski definition) is 4. The molecule has 0 bridgehead atoms. The first kappa shape index (κ1) is 56.8. The van der Waals surface area contributed by atoms with Gasteiger partial charge < -0.3 is 0 Å². The van der Waals surface area contributed by atoms with Crippen LogP contribution in [0.25, 0.3) is 132 Å². The number of aromatic nitrogens is 4. The van der Waals surface area contributed by atoms with E-state index >= 15 is 0 Å². The van der Waals surface area contributed by atoms with Gasteiger partial charge in [0.2, 0.25) is 0 Å². The maximum Gasteiger partial charge on any atom is 0.160 e. The molecule has 18 aromatic rings. The molecule has 98 heavy (non-hydrogen) atoms. The minimum Gasteiger partial charge on any atom is -0.228 e. The standard InChI is InChI=1S/2C47H30N2/c1-4-15-33(16-5-1)45-43-37-21-11-10-14-31(37)27-29-42(43)48-46(49-45)34-25-24-32-26-28-39-38-22-12-13-23-41(38)47(44(39)40(32)30-34,35-17-6-2-7-18-35)36-19-8-3-9-20-36;1-4-15-33(16-5-1)44-40-29-27-31-14-10-11-21-37(31)45(40)49-46(48-44)34-25-24-32-26-28-39-38-22-12-13-23-42(38)47(43(39)41(32)30-34,35-17-6-2-7-18-35)36-19-8-3-9-20-36/h2*1-30H. The molecule has 4 nitrogen and oxygen atoms in total. The average Bonchev–Trinajstić information content (AvgIpc) is 1.52. The second kappa shape index (κ2) is 23.0. The van der Waals surface area contributed by atoms with E-state index in [4.69, 9.17) is 19.9 Å². The van der Waals surface area contributed by atoms with Crippen LogP contribution in [0.2, 0.25) is 0 Å². The van der Waals surface area contributed by atoms with Crippen LogP contribution in [0.3, 0.4) is 0 Å². The minimum atomic E-state index is -0.498. The van der Waals surface area contributed by atoms with Crippen LogP contribution < -0.4 is 0 Å². The highest BCUT2D eigenvalue weighted by atomic mass is 14.9. The number of nitrogens with zero attached hydrogens (tertiary/aromatic N) is 4. The number of benzene rings is 16. The van der Waals surface area contributed by atoms with Gasteiger partial charge in [-0.25, -0.2) is 19.9 Å². The van der Waals surface area contributed by atoms with Crippen LogP contribution in [0.15, 0.2) is 364 Å². The van der Waals surface area contributed by atoms with E-state index in [0.29, 0.717) is 0 Å². The molecule has 0 saturated carbocycles. The third-order valence-corrected chi connectivity index (χ3v) is 20.7. The van der Waals surface area contributed by atoms with Gasteiger partial charge in [0.05, 0.1) is 33.3 Å². The molecule has 0 spiro atoms. The van der Waals surface area contributed by atoms with E-state index in [0.717, 1.165) is 77.9 Å². The summed E-state index contributed by atoms with van der Waals surface area (Å²) in [7, 11) is 0. The Hall–Kier alpha value is -12.8. The molecule has 0 atom stereocenters. The normalized spacial score (nSPS) is 13.1.